The van der Waals surface area contributed by atoms with Crippen molar-refractivity contribution in [2.45, 2.75) is 32.8 Å². The van der Waals surface area contributed by atoms with Crippen LogP contribution in [0.3, 0.4) is 0 Å². The maximum Gasteiger partial charge on any atom is 0.236 e. The maximum atomic E-state index is 14.3. The van der Waals surface area contributed by atoms with Crippen LogP contribution in [0.1, 0.15) is 32.2 Å². The highest BCUT2D eigenvalue weighted by Gasteiger charge is 2.24. The molecule has 28 heavy (non-hydrogen) atoms. The number of ether oxygens (including phenoxy) is 1. The molecule has 0 unspecified atom stereocenters. The van der Waals surface area contributed by atoms with Gasteiger partial charge in [0, 0.05) is 12.6 Å². The molecular formula is C19H20FN7O. The molecule has 0 N–H and O–H groups in total. The van der Waals surface area contributed by atoms with E-state index in [0.717, 1.165) is 5.56 Å². The highest BCUT2D eigenvalue weighted by atomic mass is 19.1. The number of rotatable bonds is 4. The van der Waals surface area contributed by atoms with Crippen molar-refractivity contribution in [3.8, 4) is 17.3 Å². The first-order valence-electron chi connectivity index (χ1n) is 8.82. The van der Waals surface area contributed by atoms with Crippen molar-refractivity contribution in [1.82, 2.24) is 34.6 Å². The van der Waals surface area contributed by atoms with Crippen LogP contribution in [0.5, 0.6) is 5.88 Å². The van der Waals surface area contributed by atoms with Crippen LogP contribution in [-0.4, -0.2) is 34.6 Å². The van der Waals surface area contributed by atoms with Gasteiger partial charge in [0.2, 0.25) is 5.88 Å². The molecule has 3 heterocycles. The normalized spacial score (nSPS) is 11.9. The monoisotopic (exact) mass is 381 g/mol. The van der Waals surface area contributed by atoms with Crippen molar-refractivity contribution in [3.63, 3.8) is 0 Å². The van der Waals surface area contributed by atoms with E-state index in [-0.39, 0.29) is 12.0 Å². The van der Waals surface area contributed by atoms with E-state index in [2.05, 4.69) is 46.1 Å². The molecule has 0 aliphatic carbocycles. The molecule has 0 saturated heterocycles. The van der Waals surface area contributed by atoms with E-state index in [0.29, 0.717) is 28.7 Å². The Morgan fingerprint density at radius 3 is 2.57 bits per heavy atom. The predicted octanol–water partition coefficient (Wildman–Crippen LogP) is 2.94. The van der Waals surface area contributed by atoms with Crippen LogP contribution in [0.2, 0.25) is 0 Å². The Bertz CT molecular complexity index is 1140. The molecule has 0 bridgehead atoms. The van der Waals surface area contributed by atoms with E-state index >= 15 is 0 Å². The van der Waals surface area contributed by atoms with Gasteiger partial charge in [0.15, 0.2) is 23.9 Å². The zero-order valence-corrected chi connectivity index (χ0v) is 16.1. The summed E-state index contributed by atoms with van der Waals surface area (Å²) in [5.74, 6) is 0.875. The van der Waals surface area contributed by atoms with Gasteiger partial charge in [-0.1, -0.05) is 32.9 Å². The van der Waals surface area contributed by atoms with Gasteiger partial charge in [0.25, 0.3) is 0 Å². The summed E-state index contributed by atoms with van der Waals surface area (Å²) < 4.78 is 23.3. The summed E-state index contributed by atoms with van der Waals surface area (Å²) in [4.78, 5) is 4.17. The van der Waals surface area contributed by atoms with Gasteiger partial charge in [-0.2, -0.15) is 9.61 Å². The summed E-state index contributed by atoms with van der Waals surface area (Å²) in [6.45, 7) is 6.33. The average Bonchev–Trinajstić information content (AvgIpc) is 3.24. The van der Waals surface area contributed by atoms with Crippen LogP contribution in [0.15, 0.2) is 36.7 Å². The third-order valence-electron chi connectivity index (χ3n) is 4.27. The van der Waals surface area contributed by atoms with Crippen molar-refractivity contribution in [3.05, 3.63) is 53.9 Å². The van der Waals surface area contributed by atoms with Crippen molar-refractivity contribution in [2.24, 2.45) is 7.05 Å². The van der Waals surface area contributed by atoms with Gasteiger partial charge in [-0.3, -0.25) is 4.68 Å². The van der Waals surface area contributed by atoms with Crippen LogP contribution in [-0.2, 0) is 19.1 Å². The number of hydrogen-bond donors (Lipinski definition) is 0. The number of aryl methyl sites for hydroxylation is 1. The lowest BCUT2D eigenvalue weighted by Gasteiger charge is -2.21. The second-order valence-electron chi connectivity index (χ2n) is 7.51. The van der Waals surface area contributed by atoms with E-state index in [9.17, 15) is 4.39 Å². The van der Waals surface area contributed by atoms with Crippen molar-refractivity contribution in [2.75, 3.05) is 0 Å². The Labute approximate surface area is 161 Å². The van der Waals surface area contributed by atoms with Gasteiger partial charge < -0.3 is 4.74 Å². The van der Waals surface area contributed by atoms with Crippen molar-refractivity contribution >= 4 is 5.65 Å². The number of fused-ring (bicyclic) bond motifs is 1. The highest BCUT2D eigenvalue weighted by Crippen LogP contribution is 2.32. The third-order valence-corrected chi connectivity index (χ3v) is 4.27. The fourth-order valence-electron chi connectivity index (χ4n) is 2.85. The maximum absolute atomic E-state index is 14.3. The van der Waals surface area contributed by atoms with Gasteiger partial charge in [-0.25, -0.2) is 9.37 Å². The molecule has 0 atom stereocenters. The average molecular weight is 381 g/mol. The van der Waals surface area contributed by atoms with E-state index < -0.39 is 5.82 Å². The Kier molecular flexibility index (Phi) is 4.29. The van der Waals surface area contributed by atoms with Crippen LogP contribution in [0.4, 0.5) is 4.39 Å². The topological polar surface area (TPSA) is 83.0 Å². The minimum Gasteiger partial charge on any atom is -0.468 e. The molecule has 9 heteroatoms. The van der Waals surface area contributed by atoms with Crippen LogP contribution < -0.4 is 4.74 Å². The molecule has 144 valence electrons. The minimum absolute atomic E-state index is 0.166. The number of halogens is 1. The molecule has 0 aliphatic rings. The smallest absolute Gasteiger partial charge is 0.236 e. The van der Waals surface area contributed by atoms with Gasteiger partial charge in [-0.15, -0.1) is 15.3 Å². The Balaban J connectivity index is 1.81. The van der Waals surface area contributed by atoms with Gasteiger partial charge >= 0.3 is 0 Å². The molecule has 4 aromatic rings. The molecule has 8 nitrogen and oxygen atoms in total. The molecule has 0 saturated carbocycles. The minimum atomic E-state index is -0.390. The molecule has 4 rings (SSSR count). The zero-order chi connectivity index (χ0) is 19.9. The molecule has 3 aromatic heterocycles. The van der Waals surface area contributed by atoms with Gasteiger partial charge in [0.1, 0.15) is 12.1 Å². The molecule has 0 fully saturated rings. The SMILES string of the molecule is Cn1cnc(COc2nn3c(-c4ccccc4F)nnc3cc2C(C)(C)C)n1. The fraction of sp³-hybridized carbons (Fsp3) is 0.316. The first-order chi connectivity index (χ1) is 13.3. The second-order valence-corrected chi connectivity index (χ2v) is 7.51. The van der Waals surface area contributed by atoms with E-state index in [1.165, 1.54) is 10.6 Å². The first-order valence-corrected chi connectivity index (χ1v) is 8.82. The number of benzene rings is 1. The van der Waals surface area contributed by atoms with Crippen LogP contribution >= 0.6 is 0 Å². The summed E-state index contributed by atoms with van der Waals surface area (Å²) in [6, 6.07) is 8.26. The molecular weight excluding hydrogens is 361 g/mol. The van der Waals surface area contributed by atoms with E-state index in [1.54, 1.807) is 36.3 Å². The summed E-state index contributed by atoms with van der Waals surface area (Å²) in [6.07, 6.45) is 1.61. The lowest BCUT2D eigenvalue weighted by atomic mass is 9.88. The number of hydrogen-bond acceptors (Lipinski definition) is 6. The zero-order valence-electron chi connectivity index (χ0n) is 16.1. The van der Waals surface area contributed by atoms with Crippen molar-refractivity contribution in [1.29, 1.82) is 0 Å². The van der Waals surface area contributed by atoms with Crippen LogP contribution in [0, 0.1) is 5.82 Å². The van der Waals surface area contributed by atoms with Crippen LogP contribution in [0.25, 0.3) is 17.0 Å². The molecule has 0 radical (unpaired) electrons. The highest BCUT2D eigenvalue weighted by molar-refractivity contribution is 5.60. The predicted molar refractivity (Wildman–Crippen MR) is 100 cm³/mol. The lowest BCUT2D eigenvalue weighted by molar-refractivity contribution is 0.271. The van der Waals surface area contributed by atoms with Crippen molar-refractivity contribution < 1.29 is 9.13 Å². The molecule has 1 aromatic carbocycles. The fourth-order valence-corrected chi connectivity index (χ4v) is 2.85. The Morgan fingerprint density at radius 2 is 1.89 bits per heavy atom. The molecule has 0 aliphatic heterocycles. The van der Waals surface area contributed by atoms with E-state index in [1.807, 2.05) is 6.07 Å². The lowest BCUT2D eigenvalue weighted by Crippen LogP contribution is -2.16. The Hall–Kier alpha value is -3.36. The summed E-state index contributed by atoms with van der Waals surface area (Å²) in [5.41, 5.74) is 1.46. The first kappa shape index (κ1) is 18.0. The molecule has 0 spiro atoms. The quantitative estimate of drug-likeness (QED) is 0.540. The summed E-state index contributed by atoms with van der Waals surface area (Å²) in [7, 11) is 1.79. The van der Waals surface area contributed by atoms with Gasteiger partial charge in [-0.05, 0) is 23.6 Å². The summed E-state index contributed by atoms with van der Waals surface area (Å²) >= 11 is 0. The largest absolute Gasteiger partial charge is 0.468 e. The molecule has 0 amide bonds. The number of aromatic nitrogens is 7. The number of nitrogens with zero attached hydrogens (tertiary/aromatic N) is 7. The standard InChI is InChI=1S/C19H20FN7O/c1-19(2,3)13-9-16-22-23-17(12-7-5-6-8-14(12)20)27(16)25-18(13)28-10-15-21-11-26(4)24-15/h5-9,11H,10H2,1-4H3. The third kappa shape index (κ3) is 3.30. The second kappa shape index (κ2) is 6.66. The Morgan fingerprint density at radius 1 is 1.11 bits per heavy atom. The van der Waals surface area contributed by atoms with Gasteiger partial charge in [0.05, 0.1) is 5.56 Å². The van der Waals surface area contributed by atoms with E-state index in [4.69, 9.17) is 4.74 Å². The summed E-state index contributed by atoms with van der Waals surface area (Å²) in [5, 5.41) is 17.1.